The average Bonchev–Trinajstić information content (AvgIpc) is 3.04. The van der Waals surface area contributed by atoms with E-state index in [9.17, 15) is 10.5 Å². The van der Waals surface area contributed by atoms with Crippen LogP contribution in [0.5, 0.6) is 0 Å². The first-order chi connectivity index (χ1) is 10.7. The summed E-state index contributed by atoms with van der Waals surface area (Å²) in [4.78, 5) is 4.30. The second kappa shape index (κ2) is 6.37. The summed E-state index contributed by atoms with van der Waals surface area (Å²) in [5.41, 5.74) is -0.373. The predicted octanol–water partition coefficient (Wildman–Crippen LogP) is 2.67. The number of aromatic nitrogens is 1. The maximum atomic E-state index is 9.23. The predicted molar refractivity (Wildman–Crippen MR) is 79.8 cm³/mol. The van der Waals surface area contributed by atoms with Crippen LogP contribution in [-0.4, -0.2) is 10.5 Å². The second-order valence-corrected chi connectivity index (χ2v) is 5.11. The highest BCUT2D eigenvalue weighted by Crippen LogP contribution is 2.28. The first-order valence-electron chi connectivity index (χ1n) is 6.10. The molecule has 1 N–H and O–H groups in total. The third kappa shape index (κ3) is 2.72. The van der Waals surface area contributed by atoms with Crippen LogP contribution in [0.4, 0.5) is 5.13 Å². The van der Waals surface area contributed by atoms with Crippen molar-refractivity contribution in [1.29, 1.82) is 21.0 Å². The van der Waals surface area contributed by atoms with Gasteiger partial charge in [0.1, 0.15) is 12.1 Å². The van der Waals surface area contributed by atoms with E-state index in [0.29, 0.717) is 10.8 Å². The van der Waals surface area contributed by atoms with Gasteiger partial charge in [-0.15, -0.1) is 11.3 Å². The molecular weight excluding hydrogens is 296 g/mol. The summed E-state index contributed by atoms with van der Waals surface area (Å²) in [5.74, 6) is -1.42. The van der Waals surface area contributed by atoms with Gasteiger partial charge in [0.2, 0.25) is 5.54 Å². The van der Waals surface area contributed by atoms with E-state index in [-0.39, 0.29) is 0 Å². The molecule has 22 heavy (non-hydrogen) atoms. The Bertz CT molecular complexity index is 800. The Morgan fingerprint density at radius 3 is 2.23 bits per heavy atom. The van der Waals surface area contributed by atoms with Crippen LogP contribution in [0.1, 0.15) is 0 Å². The van der Waals surface area contributed by atoms with Crippen molar-refractivity contribution >= 4 is 16.5 Å². The van der Waals surface area contributed by atoms with Crippen molar-refractivity contribution in [3.05, 3.63) is 35.7 Å². The molecule has 0 saturated carbocycles. The standard InChI is InChI=1S/C15H8N6S/c16-6-12(7-17)15(9-18,10-19)21-14-20-13(8-22-14)11-4-2-1-3-5-11/h1-5,8,12H,(H,20,21). The van der Waals surface area contributed by atoms with E-state index >= 15 is 0 Å². The van der Waals surface area contributed by atoms with Crippen molar-refractivity contribution in [1.82, 2.24) is 4.98 Å². The molecule has 104 valence electrons. The van der Waals surface area contributed by atoms with Crippen LogP contribution in [0, 0.1) is 51.2 Å². The van der Waals surface area contributed by atoms with Crippen molar-refractivity contribution in [2.45, 2.75) is 5.54 Å². The fourth-order valence-electron chi connectivity index (χ4n) is 1.75. The maximum Gasteiger partial charge on any atom is 0.243 e. The summed E-state index contributed by atoms with van der Waals surface area (Å²) in [6.07, 6.45) is 0. The summed E-state index contributed by atoms with van der Waals surface area (Å²) >= 11 is 1.20. The van der Waals surface area contributed by atoms with Gasteiger partial charge in [-0.25, -0.2) is 4.98 Å². The van der Waals surface area contributed by atoms with Gasteiger partial charge in [-0.05, 0) is 0 Å². The minimum Gasteiger partial charge on any atom is -0.330 e. The van der Waals surface area contributed by atoms with Gasteiger partial charge in [0.05, 0.1) is 17.8 Å². The van der Waals surface area contributed by atoms with E-state index < -0.39 is 11.5 Å². The normalized spacial score (nSPS) is 10.0. The first kappa shape index (κ1) is 15.0. The summed E-state index contributed by atoms with van der Waals surface area (Å²) in [7, 11) is 0. The molecule has 0 radical (unpaired) electrons. The minimum atomic E-state index is -1.95. The van der Waals surface area contributed by atoms with Gasteiger partial charge in [-0.1, -0.05) is 30.3 Å². The van der Waals surface area contributed by atoms with Crippen molar-refractivity contribution < 1.29 is 0 Å². The van der Waals surface area contributed by atoms with Crippen molar-refractivity contribution in [3.63, 3.8) is 0 Å². The summed E-state index contributed by atoms with van der Waals surface area (Å²) < 4.78 is 0. The molecule has 1 aromatic heterocycles. The zero-order chi connectivity index (χ0) is 16.0. The van der Waals surface area contributed by atoms with Gasteiger partial charge in [-0.3, -0.25) is 0 Å². The molecule has 2 rings (SSSR count). The third-order valence-corrected chi connectivity index (χ3v) is 3.68. The molecule has 0 saturated heterocycles. The van der Waals surface area contributed by atoms with Gasteiger partial charge >= 0.3 is 0 Å². The fraction of sp³-hybridized carbons (Fsp3) is 0.133. The number of nitriles is 4. The van der Waals surface area contributed by atoms with Crippen molar-refractivity contribution in [2.24, 2.45) is 5.92 Å². The zero-order valence-electron chi connectivity index (χ0n) is 11.2. The SMILES string of the molecule is N#CC(C#N)C(C#N)(C#N)Nc1nc(-c2ccccc2)cs1. The molecule has 0 aliphatic carbocycles. The Kier molecular flexibility index (Phi) is 4.35. The summed E-state index contributed by atoms with van der Waals surface area (Å²) in [5, 5.41) is 41.1. The molecule has 0 fully saturated rings. The lowest BCUT2D eigenvalue weighted by molar-refractivity contribution is 0.646. The van der Waals surface area contributed by atoms with Gasteiger partial charge in [0.25, 0.3) is 0 Å². The second-order valence-electron chi connectivity index (χ2n) is 4.25. The Morgan fingerprint density at radius 1 is 1.05 bits per heavy atom. The van der Waals surface area contributed by atoms with Crippen LogP contribution in [-0.2, 0) is 0 Å². The van der Waals surface area contributed by atoms with Gasteiger partial charge in [-0.2, -0.15) is 21.0 Å². The van der Waals surface area contributed by atoms with Crippen LogP contribution >= 0.6 is 11.3 Å². The molecule has 0 aliphatic heterocycles. The van der Waals surface area contributed by atoms with Gasteiger partial charge < -0.3 is 5.32 Å². The van der Waals surface area contributed by atoms with Crippen LogP contribution in [0.2, 0.25) is 0 Å². The highest BCUT2D eigenvalue weighted by atomic mass is 32.1. The Hall–Kier alpha value is -3.39. The minimum absolute atomic E-state index is 0.303. The topological polar surface area (TPSA) is 120 Å². The molecule has 1 heterocycles. The molecule has 0 unspecified atom stereocenters. The van der Waals surface area contributed by atoms with E-state index in [1.165, 1.54) is 11.3 Å². The molecule has 6 nitrogen and oxygen atoms in total. The Morgan fingerprint density at radius 2 is 1.68 bits per heavy atom. The van der Waals surface area contributed by atoms with Crippen LogP contribution in [0.15, 0.2) is 35.7 Å². The number of rotatable bonds is 4. The highest BCUT2D eigenvalue weighted by molar-refractivity contribution is 7.14. The molecule has 0 atom stereocenters. The van der Waals surface area contributed by atoms with Crippen molar-refractivity contribution in [2.75, 3.05) is 5.32 Å². The van der Waals surface area contributed by atoms with E-state index in [1.54, 1.807) is 29.7 Å². The first-order valence-corrected chi connectivity index (χ1v) is 6.98. The lowest BCUT2D eigenvalue weighted by Crippen LogP contribution is -2.42. The van der Waals surface area contributed by atoms with Crippen LogP contribution in [0.3, 0.4) is 0 Å². The number of nitrogens with zero attached hydrogens (tertiary/aromatic N) is 5. The summed E-state index contributed by atoms with van der Waals surface area (Å²) in [6, 6.07) is 16.1. The monoisotopic (exact) mass is 304 g/mol. The Labute approximate surface area is 131 Å². The number of nitrogens with one attached hydrogen (secondary N) is 1. The number of benzene rings is 1. The molecule has 0 aliphatic rings. The quantitative estimate of drug-likeness (QED) is 0.927. The van der Waals surface area contributed by atoms with Gasteiger partial charge in [0, 0.05) is 10.9 Å². The Balaban J connectivity index is 2.33. The highest BCUT2D eigenvalue weighted by Gasteiger charge is 2.41. The number of hydrogen-bond acceptors (Lipinski definition) is 7. The van der Waals surface area contributed by atoms with E-state index in [2.05, 4.69) is 10.3 Å². The van der Waals surface area contributed by atoms with E-state index in [4.69, 9.17) is 10.5 Å². The zero-order valence-corrected chi connectivity index (χ0v) is 12.0. The molecule has 1 aromatic carbocycles. The lowest BCUT2D eigenvalue weighted by Gasteiger charge is -2.19. The molecule has 0 spiro atoms. The van der Waals surface area contributed by atoms with E-state index in [1.807, 2.05) is 30.3 Å². The van der Waals surface area contributed by atoms with Gasteiger partial charge in [0.15, 0.2) is 11.0 Å². The fourth-order valence-corrected chi connectivity index (χ4v) is 2.53. The maximum absolute atomic E-state index is 9.23. The molecule has 0 amide bonds. The largest absolute Gasteiger partial charge is 0.330 e. The van der Waals surface area contributed by atoms with Crippen LogP contribution in [0.25, 0.3) is 11.3 Å². The molecule has 7 heteroatoms. The number of anilines is 1. The number of hydrogen-bond donors (Lipinski definition) is 1. The number of thiazole rings is 1. The molecule has 0 bridgehead atoms. The van der Waals surface area contributed by atoms with E-state index in [0.717, 1.165) is 5.56 Å². The molecular formula is C15H8N6S. The lowest BCUT2D eigenvalue weighted by atomic mass is 9.89. The third-order valence-electron chi connectivity index (χ3n) is 2.92. The average molecular weight is 304 g/mol. The smallest absolute Gasteiger partial charge is 0.243 e. The summed E-state index contributed by atoms with van der Waals surface area (Å²) in [6.45, 7) is 0. The van der Waals surface area contributed by atoms with Crippen LogP contribution < -0.4 is 5.32 Å². The van der Waals surface area contributed by atoms with Crippen molar-refractivity contribution in [3.8, 4) is 35.5 Å². The molecule has 2 aromatic rings.